The molecule has 2 N–H and O–H groups in total. The topological polar surface area (TPSA) is 66.1 Å². The Kier molecular flexibility index (Phi) is 3.72. The molecule has 1 fully saturated rings. The Bertz CT molecular complexity index is 850. The lowest BCUT2D eigenvalue weighted by Crippen LogP contribution is -2.20. The molecule has 6 heteroatoms. The Labute approximate surface area is 140 Å². The van der Waals surface area contributed by atoms with E-state index in [4.69, 9.17) is 14.7 Å². The minimum absolute atomic E-state index is 0.790. The van der Waals surface area contributed by atoms with Gasteiger partial charge in [-0.05, 0) is 50.1 Å². The Morgan fingerprint density at radius 3 is 2.58 bits per heavy atom. The van der Waals surface area contributed by atoms with Crippen LogP contribution in [0.4, 0.5) is 17.5 Å². The maximum absolute atomic E-state index is 5.21. The smallest absolute Gasteiger partial charge is 0.229 e. The lowest BCUT2D eigenvalue weighted by atomic mass is 10.3. The molecule has 0 spiro atoms. The molecule has 24 heavy (non-hydrogen) atoms. The second kappa shape index (κ2) is 6.03. The molecule has 4 rings (SSSR count). The van der Waals surface area contributed by atoms with Crippen LogP contribution in [0.5, 0.6) is 5.75 Å². The van der Waals surface area contributed by atoms with Crippen LogP contribution in [0.25, 0.3) is 11.0 Å². The van der Waals surface area contributed by atoms with Crippen molar-refractivity contribution in [3.05, 3.63) is 36.0 Å². The van der Waals surface area contributed by atoms with E-state index >= 15 is 0 Å². The van der Waals surface area contributed by atoms with Crippen molar-refractivity contribution in [2.45, 2.75) is 19.8 Å². The predicted octanol–water partition coefficient (Wildman–Crippen LogP) is 3.62. The van der Waals surface area contributed by atoms with E-state index in [0.717, 1.165) is 53.0 Å². The number of nitrogens with zero attached hydrogens (tertiary/aromatic N) is 3. The standard InChI is InChI=1S/C18H21N5O/c1-12-11-15-16(19-12)21-18(23-9-3-4-10-23)22-17(15)20-13-5-7-14(24-2)8-6-13/h5-8,11H,3-4,9-10H2,1-2H3,(H2,19,20,21,22). The highest BCUT2D eigenvalue weighted by Gasteiger charge is 2.18. The number of nitrogens with one attached hydrogen (secondary N) is 2. The van der Waals surface area contributed by atoms with Crippen LogP contribution in [0, 0.1) is 6.92 Å². The molecule has 1 saturated heterocycles. The molecular formula is C18H21N5O. The molecule has 0 saturated carbocycles. The summed E-state index contributed by atoms with van der Waals surface area (Å²) in [5.41, 5.74) is 2.93. The second-order valence-corrected chi connectivity index (χ2v) is 6.13. The van der Waals surface area contributed by atoms with E-state index in [1.54, 1.807) is 7.11 Å². The molecule has 3 aromatic rings. The van der Waals surface area contributed by atoms with E-state index in [1.165, 1.54) is 12.8 Å². The molecule has 0 aliphatic carbocycles. The number of aromatic nitrogens is 3. The van der Waals surface area contributed by atoms with Crippen LogP contribution < -0.4 is 15.0 Å². The third-order valence-corrected chi connectivity index (χ3v) is 4.35. The average Bonchev–Trinajstić information content (AvgIpc) is 3.24. The molecular weight excluding hydrogens is 302 g/mol. The molecule has 2 aromatic heterocycles. The van der Waals surface area contributed by atoms with Crippen LogP contribution in [-0.2, 0) is 0 Å². The van der Waals surface area contributed by atoms with Gasteiger partial charge in [-0.25, -0.2) is 0 Å². The fourth-order valence-electron chi connectivity index (χ4n) is 3.09. The molecule has 1 aliphatic rings. The summed E-state index contributed by atoms with van der Waals surface area (Å²) in [7, 11) is 1.67. The fraction of sp³-hybridized carbons (Fsp3) is 0.333. The zero-order valence-electron chi connectivity index (χ0n) is 14.0. The Morgan fingerprint density at radius 2 is 1.88 bits per heavy atom. The molecule has 124 valence electrons. The molecule has 1 aromatic carbocycles. The number of methoxy groups -OCH3 is 1. The molecule has 0 unspecified atom stereocenters. The van der Waals surface area contributed by atoms with Gasteiger partial charge >= 0.3 is 0 Å². The van der Waals surface area contributed by atoms with Crippen molar-refractivity contribution in [1.82, 2.24) is 15.0 Å². The number of benzene rings is 1. The van der Waals surface area contributed by atoms with Gasteiger partial charge in [0, 0.05) is 24.5 Å². The van der Waals surface area contributed by atoms with Crippen LogP contribution >= 0.6 is 0 Å². The van der Waals surface area contributed by atoms with Crippen LogP contribution in [-0.4, -0.2) is 35.2 Å². The van der Waals surface area contributed by atoms with Gasteiger partial charge in [-0.2, -0.15) is 9.97 Å². The average molecular weight is 323 g/mol. The van der Waals surface area contributed by atoms with Gasteiger partial charge in [-0.1, -0.05) is 0 Å². The van der Waals surface area contributed by atoms with Crippen LogP contribution in [0.1, 0.15) is 18.5 Å². The monoisotopic (exact) mass is 323 g/mol. The van der Waals surface area contributed by atoms with E-state index in [-0.39, 0.29) is 0 Å². The summed E-state index contributed by atoms with van der Waals surface area (Å²) in [6, 6.07) is 9.92. The first-order valence-corrected chi connectivity index (χ1v) is 8.26. The van der Waals surface area contributed by atoms with Gasteiger partial charge < -0.3 is 19.9 Å². The second-order valence-electron chi connectivity index (χ2n) is 6.13. The van der Waals surface area contributed by atoms with Crippen LogP contribution in [0.3, 0.4) is 0 Å². The van der Waals surface area contributed by atoms with Crippen molar-refractivity contribution in [2.24, 2.45) is 0 Å². The van der Waals surface area contributed by atoms with Gasteiger partial charge in [0.05, 0.1) is 12.5 Å². The molecule has 0 radical (unpaired) electrons. The predicted molar refractivity (Wildman–Crippen MR) is 96.3 cm³/mol. The van der Waals surface area contributed by atoms with Gasteiger partial charge in [0.15, 0.2) is 0 Å². The number of H-pyrrole nitrogens is 1. The van der Waals surface area contributed by atoms with Crippen molar-refractivity contribution in [2.75, 3.05) is 30.4 Å². The summed E-state index contributed by atoms with van der Waals surface area (Å²) in [5, 5.41) is 4.43. The molecule has 3 heterocycles. The highest BCUT2D eigenvalue weighted by molar-refractivity contribution is 5.90. The third kappa shape index (κ3) is 2.75. The van der Waals surface area contributed by atoms with E-state index in [9.17, 15) is 0 Å². The summed E-state index contributed by atoms with van der Waals surface area (Å²) in [6.45, 7) is 4.08. The number of fused-ring (bicyclic) bond motifs is 1. The van der Waals surface area contributed by atoms with Crippen LogP contribution in [0.2, 0.25) is 0 Å². The maximum Gasteiger partial charge on any atom is 0.229 e. The van der Waals surface area contributed by atoms with Crippen molar-refractivity contribution < 1.29 is 4.74 Å². The zero-order valence-corrected chi connectivity index (χ0v) is 14.0. The molecule has 6 nitrogen and oxygen atoms in total. The van der Waals surface area contributed by atoms with Crippen molar-refractivity contribution in [3.8, 4) is 5.75 Å². The summed E-state index contributed by atoms with van der Waals surface area (Å²) < 4.78 is 5.21. The first kappa shape index (κ1) is 14.8. The minimum Gasteiger partial charge on any atom is -0.497 e. The lowest BCUT2D eigenvalue weighted by Gasteiger charge is -2.16. The van der Waals surface area contributed by atoms with E-state index in [0.29, 0.717) is 0 Å². The first-order valence-electron chi connectivity index (χ1n) is 8.26. The van der Waals surface area contributed by atoms with Gasteiger partial charge in [0.2, 0.25) is 5.95 Å². The van der Waals surface area contributed by atoms with E-state index < -0.39 is 0 Å². The summed E-state index contributed by atoms with van der Waals surface area (Å²) in [6.07, 6.45) is 2.40. The van der Waals surface area contributed by atoms with Gasteiger partial charge in [-0.3, -0.25) is 0 Å². The Morgan fingerprint density at radius 1 is 1.12 bits per heavy atom. The summed E-state index contributed by atoms with van der Waals surface area (Å²) in [5.74, 6) is 2.46. The minimum atomic E-state index is 0.790. The lowest BCUT2D eigenvalue weighted by molar-refractivity contribution is 0.415. The molecule has 0 atom stereocenters. The quantitative estimate of drug-likeness (QED) is 0.767. The van der Waals surface area contributed by atoms with Gasteiger partial charge in [-0.15, -0.1) is 0 Å². The van der Waals surface area contributed by atoms with E-state index in [2.05, 4.69) is 21.3 Å². The molecule has 0 amide bonds. The molecule has 0 bridgehead atoms. The third-order valence-electron chi connectivity index (χ3n) is 4.35. The highest BCUT2D eigenvalue weighted by Crippen LogP contribution is 2.28. The Balaban J connectivity index is 1.73. The summed E-state index contributed by atoms with van der Waals surface area (Å²) in [4.78, 5) is 15.1. The van der Waals surface area contributed by atoms with Crippen molar-refractivity contribution >= 4 is 28.5 Å². The van der Waals surface area contributed by atoms with Crippen molar-refractivity contribution in [3.63, 3.8) is 0 Å². The SMILES string of the molecule is COc1ccc(Nc2nc(N3CCCC3)nc3[nH]c(C)cc23)cc1. The number of aromatic amines is 1. The number of hydrogen-bond donors (Lipinski definition) is 2. The number of anilines is 3. The normalized spacial score (nSPS) is 14.3. The number of aryl methyl sites for hydroxylation is 1. The van der Waals surface area contributed by atoms with E-state index in [1.807, 2.05) is 31.2 Å². The maximum atomic E-state index is 5.21. The Hall–Kier alpha value is -2.76. The van der Waals surface area contributed by atoms with Crippen molar-refractivity contribution in [1.29, 1.82) is 0 Å². The number of hydrogen-bond acceptors (Lipinski definition) is 5. The first-order chi connectivity index (χ1) is 11.7. The number of rotatable bonds is 4. The van der Waals surface area contributed by atoms with Gasteiger partial charge in [0.1, 0.15) is 17.2 Å². The largest absolute Gasteiger partial charge is 0.497 e. The summed E-state index contributed by atoms with van der Waals surface area (Å²) >= 11 is 0. The fourth-order valence-corrected chi connectivity index (χ4v) is 3.09. The van der Waals surface area contributed by atoms with Gasteiger partial charge in [0.25, 0.3) is 0 Å². The highest BCUT2D eigenvalue weighted by atomic mass is 16.5. The van der Waals surface area contributed by atoms with Crippen LogP contribution in [0.15, 0.2) is 30.3 Å². The zero-order chi connectivity index (χ0) is 16.5. The number of ether oxygens (including phenoxy) is 1. The molecule has 1 aliphatic heterocycles.